The first-order valence-electron chi connectivity index (χ1n) is 8.35. The molecule has 0 aliphatic carbocycles. The number of benzene rings is 2. The summed E-state index contributed by atoms with van der Waals surface area (Å²) >= 11 is 3.53. The van der Waals surface area contributed by atoms with Crippen LogP contribution in [0.3, 0.4) is 0 Å². The van der Waals surface area contributed by atoms with Crippen LogP contribution < -0.4 is 20.7 Å². The molecule has 1 atom stereocenters. The van der Waals surface area contributed by atoms with Crippen molar-refractivity contribution in [2.45, 2.75) is 6.42 Å². The van der Waals surface area contributed by atoms with Crippen molar-refractivity contribution in [3.05, 3.63) is 53.0 Å². The van der Waals surface area contributed by atoms with Crippen molar-refractivity contribution in [2.75, 3.05) is 37.0 Å². The number of nitrogens with two attached hydrogens (primary N) is 1. The van der Waals surface area contributed by atoms with Gasteiger partial charge in [0.1, 0.15) is 5.75 Å². The molecule has 1 aliphatic heterocycles. The van der Waals surface area contributed by atoms with Gasteiger partial charge in [0.25, 0.3) is 0 Å². The Hall–Kier alpha value is -1.48. The van der Waals surface area contributed by atoms with Crippen molar-refractivity contribution in [2.24, 2.45) is 16.6 Å². The monoisotopic (exact) mass is 530 g/mol. The molecule has 0 spiro atoms. The number of hydrogen-bond acceptors (Lipinski definition) is 3. The Morgan fingerprint density at radius 1 is 1.31 bits per heavy atom. The maximum atomic E-state index is 6.02. The Balaban J connectivity index is 0.00000243. The molecule has 5 nitrogen and oxygen atoms in total. The summed E-state index contributed by atoms with van der Waals surface area (Å²) in [7, 11) is 1.65. The van der Waals surface area contributed by atoms with Gasteiger partial charge >= 0.3 is 0 Å². The normalized spacial score (nSPS) is 16.9. The summed E-state index contributed by atoms with van der Waals surface area (Å²) in [5.41, 5.74) is 8.15. The van der Waals surface area contributed by atoms with Crippen molar-refractivity contribution in [3.63, 3.8) is 0 Å². The number of halogens is 2. The lowest BCUT2D eigenvalue weighted by molar-refractivity contribution is 0.415. The summed E-state index contributed by atoms with van der Waals surface area (Å²) in [4.78, 5) is 6.91. The average Bonchev–Trinajstić information content (AvgIpc) is 3.09. The van der Waals surface area contributed by atoms with E-state index in [4.69, 9.17) is 10.5 Å². The SMILES string of the molecule is COc1cccc(NC(N)=NCC2CCN(c3cccc(Br)c3)C2)c1.I. The number of nitrogens with one attached hydrogen (secondary N) is 1. The fourth-order valence-corrected chi connectivity index (χ4v) is 3.39. The van der Waals surface area contributed by atoms with Gasteiger partial charge in [-0.3, -0.25) is 4.99 Å². The van der Waals surface area contributed by atoms with E-state index in [1.165, 1.54) is 5.69 Å². The molecule has 1 saturated heterocycles. The molecule has 1 unspecified atom stereocenters. The number of hydrogen-bond donors (Lipinski definition) is 2. The second kappa shape index (κ2) is 10.0. The summed E-state index contributed by atoms with van der Waals surface area (Å²) in [6.45, 7) is 2.79. The Morgan fingerprint density at radius 3 is 2.88 bits per heavy atom. The van der Waals surface area contributed by atoms with E-state index in [2.05, 4.69) is 49.3 Å². The molecule has 3 rings (SSSR count). The molecule has 1 fully saturated rings. The molecule has 0 bridgehead atoms. The molecule has 1 heterocycles. The quantitative estimate of drug-likeness (QED) is 0.343. The van der Waals surface area contributed by atoms with E-state index in [0.29, 0.717) is 11.9 Å². The summed E-state index contributed by atoms with van der Waals surface area (Å²) in [6.07, 6.45) is 1.13. The van der Waals surface area contributed by atoms with Gasteiger partial charge in [0.15, 0.2) is 5.96 Å². The predicted octanol–water partition coefficient (Wildman–Crippen LogP) is 4.33. The van der Waals surface area contributed by atoms with E-state index >= 15 is 0 Å². The Bertz CT molecular complexity index is 756. The highest BCUT2D eigenvalue weighted by molar-refractivity contribution is 14.0. The second-order valence-electron chi connectivity index (χ2n) is 6.16. The third-order valence-electron chi connectivity index (χ3n) is 4.32. The fraction of sp³-hybridized carbons (Fsp3) is 0.316. The molecule has 0 saturated carbocycles. The molecule has 0 aromatic heterocycles. The van der Waals surface area contributed by atoms with E-state index in [0.717, 1.165) is 42.0 Å². The predicted molar refractivity (Wildman–Crippen MR) is 123 cm³/mol. The molecule has 26 heavy (non-hydrogen) atoms. The number of methoxy groups -OCH3 is 1. The molecular weight excluding hydrogens is 507 g/mol. The van der Waals surface area contributed by atoms with Crippen LogP contribution in [0.2, 0.25) is 0 Å². The van der Waals surface area contributed by atoms with Gasteiger partial charge in [-0.25, -0.2) is 0 Å². The summed E-state index contributed by atoms with van der Waals surface area (Å²) < 4.78 is 6.32. The van der Waals surface area contributed by atoms with Crippen molar-refractivity contribution >= 4 is 57.2 Å². The molecule has 0 radical (unpaired) electrons. The van der Waals surface area contributed by atoms with Gasteiger partial charge in [0, 0.05) is 41.5 Å². The lowest BCUT2D eigenvalue weighted by Crippen LogP contribution is -2.25. The van der Waals surface area contributed by atoms with Gasteiger partial charge in [0.05, 0.1) is 7.11 Å². The van der Waals surface area contributed by atoms with Crippen LogP contribution in [-0.4, -0.2) is 32.7 Å². The van der Waals surface area contributed by atoms with Gasteiger partial charge in [-0.1, -0.05) is 28.1 Å². The van der Waals surface area contributed by atoms with Crippen LogP contribution >= 0.6 is 39.9 Å². The van der Waals surface area contributed by atoms with Crippen LogP contribution in [0.25, 0.3) is 0 Å². The Morgan fingerprint density at radius 2 is 2.12 bits per heavy atom. The van der Waals surface area contributed by atoms with Gasteiger partial charge in [-0.05, 0) is 42.7 Å². The van der Waals surface area contributed by atoms with Crippen LogP contribution in [0, 0.1) is 5.92 Å². The molecule has 140 valence electrons. The van der Waals surface area contributed by atoms with E-state index in [9.17, 15) is 0 Å². The summed E-state index contributed by atoms with van der Waals surface area (Å²) in [5, 5.41) is 3.12. The average molecular weight is 531 g/mol. The highest BCUT2D eigenvalue weighted by Gasteiger charge is 2.22. The molecular formula is C19H24BrIN4O. The van der Waals surface area contributed by atoms with Crippen molar-refractivity contribution < 1.29 is 4.74 Å². The third kappa shape index (κ3) is 5.77. The van der Waals surface area contributed by atoms with Crippen LogP contribution in [0.5, 0.6) is 5.75 Å². The highest BCUT2D eigenvalue weighted by atomic mass is 127. The maximum Gasteiger partial charge on any atom is 0.193 e. The first-order valence-corrected chi connectivity index (χ1v) is 9.15. The van der Waals surface area contributed by atoms with E-state index in [-0.39, 0.29) is 24.0 Å². The molecule has 2 aromatic rings. The standard InChI is InChI=1S/C19H23BrN4O.HI/c1-25-18-7-3-5-16(11-18)23-19(21)22-12-14-8-9-24(13-14)17-6-2-4-15(20)10-17;/h2-7,10-11,14H,8-9,12-13H2,1H3,(H3,21,22,23);1H. The van der Waals surface area contributed by atoms with Crippen LogP contribution in [0.1, 0.15) is 6.42 Å². The van der Waals surface area contributed by atoms with Crippen LogP contribution in [-0.2, 0) is 0 Å². The van der Waals surface area contributed by atoms with Crippen molar-refractivity contribution in [1.29, 1.82) is 0 Å². The number of guanidine groups is 1. The lowest BCUT2D eigenvalue weighted by Gasteiger charge is -2.18. The zero-order valence-corrected chi connectivity index (χ0v) is 18.6. The molecule has 7 heteroatoms. The lowest BCUT2D eigenvalue weighted by atomic mass is 10.1. The zero-order chi connectivity index (χ0) is 17.6. The van der Waals surface area contributed by atoms with Gasteiger partial charge in [-0.15, -0.1) is 24.0 Å². The molecule has 0 amide bonds. The summed E-state index contributed by atoms with van der Waals surface area (Å²) in [5.74, 6) is 1.75. The number of rotatable bonds is 5. The minimum absolute atomic E-state index is 0. The van der Waals surface area contributed by atoms with Crippen molar-refractivity contribution in [3.8, 4) is 5.75 Å². The van der Waals surface area contributed by atoms with Crippen LogP contribution in [0.4, 0.5) is 11.4 Å². The highest BCUT2D eigenvalue weighted by Crippen LogP contribution is 2.26. The molecule has 1 aliphatic rings. The van der Waals surface area contributed by atoms with E-state index in [1.807, 2.05) is 30.3 Å². The minimum Gasteiger partial charge on any atom is -0.497 e. The number of nitrogens with zero attached hydrogens (tertiary/aromatic N) is 2. The Kier molecular flexibility index (Phi) is 8.02. The van der Waals surface area contributed by atoms with E-state index in [1.54, 1.807) is 7.11 Å². The maximum absolute atomic E-state index is 6.02. The number of ether oxygens (including phenoxy) is 1. The first-order chi connectivity index (χ1) is 12.1. The Labute approximate surface area is 180 Å². The van der Waals surface area contributed by atoms with Gasteiger partial charge in [0.2, 0.25) is 0 Å². The molecule has 3 N–H and O–H groups in total. The largest absolute Gasteiger partial charge is 0.497 e. The first kappa shape index (κ1) is 20.8. The van der Waals surface area contributed by atoms with Gasteiger partial charge in [-0.2, -0.15) is 0 Å². The van der Waals surface area contributed by atoms with Crippen LogP contribution in [0.15, 0.2) is 58.0 Å². The topological polar surface area (TPSA) is 62.9 Å². The third-order valence-corrected chi connectivity index (χ3v) is 4.81. The molecule has 2 aromatic carbocycles. The number of aliphatic imine (C=N–C) groups is 1. The summed E-state index contributed by atoms with van der Waals surface area (Å²) in [6, 6.07) is 16.1. The van der Waals surface area contributed by atoms with E-state index < -0.39 is 0 Å². The van der Waals surface area contributed by atoms with Gasteiger partial charge < -0.3 is 20.7 Å². The smallest absolute Gasteiger partial charge is 0.193 e. The van der Waals surface area contributed by atoms with Crippen molar-refractivity contribution in [1.82, 2.24) is 0 Å². The minimum atomic E-state index is 0. The number of anilines is 2. The zero-order valence-electron chi connectivity index (χ0n) is 14.7. The fourth-order valence-electron chi connectivity index (χ4n) is 3.00. The second-order valence-corrected chi connectivity index (χ2v) is 7.08.